The SMILES string of the molecule is COCC1OC(OC(=O)C23CCC(C)C(C)(O)C2C2=CCC4C5(C)CC(O)C(O)C(C)(C(=O)OC)C5CCC4(C)C2(C)CC3)C(O)C(O)C1O. The molecular weight excluding hydrogens is 648 g/mol. The van der Waals surface area contributed by atoms with Gasteiger partial charge in [-0.25, -0.2) is 0 Å². The Kier molecular flexibility index (Phi) is 9.50. The lowest BCUT2D eigenvalue weighted by atomic mass is 9.33. The summed E-state index contributed by atoms with van der Waals surface area (Å²) >= 11 is 0. The number of carbonyl (C=O) groups excluding carboxylic acids is 2. The Hall–Kier alpha value is -1.64. The number of ether oxygens (including phenoxy) is 4. The van der Waals surface area contributed by atoms with E-state index >= 15 is 0 Å². The molecule has 284 valence electrons. The quantitative estimate of drug-likeness (QED) is 0.181. The molecule has 0 aromatic carbocycles. The molecule has 0 spiro atoms. The lowest BCUT2D eigenvalue weighted by Gasteiger charge is -2.71. The number of rotatable bonds is 5. The van der Waals surface area contributed by atoms with Gasteiger partial charge in [0, 0.05) is 13.0 Å². The Bertz CT molecular complexity index is 1380. The molecule has 1 saturated heterocycles. The highest BCUT2D eigenvalue weighted by Crippen LogP contribution is 2.76. The van der Waals surface area contributed by atoms with Crippen molar-refractivity contribution in [3.63, 3.8) is 0 Å². The standard InChI is InChI=1S/C38H60O12/c1-19-11-14-38(32(45)50-30-27(42)26(41)25(40)22(49-30)18-47-7)16-15-34(3)20(28(38)37(19,6)46)9-10-23-33(2)17-21(39)29(43)36(5,31(44)48-8)24(33)12-13-35(23,34)4/h9,19,21-30,39-43,46H,10-18H2,1-8H3. The third-order valence-corrected chi connectivity index (χ3v) is 15.9. The largest absolute Gasteiger partial charge is 0.469 e. The van der Waals surface area contributed by atoms with E-state index in [4.69, 9.17) is 18.9 Å². The van der Waals surface area contributed by atoms with Crippen molar-refractivity contribution in [2.45, 2.75) is 141 Å². The number of esters is 2. The first-order valence-corrected chi connectivity index (χ1v) is 18.5. The molecule has 1 aliphatic heterocycles. The van der Waals surface area contributed by atoms with Crippen LogP contribution in [0.25, 0.3) is 0 Å². The molecule has 4 saturated carbocycles. The number of methoxy groups -OCH3 is 2. The normalized spacial score (nSPS) is 54.6. The monoisotopic (exact) mass is 708 g/mol. The van der Waals surface area contributed by atoms with Gasteiger partial charge in [0.15, 0.2) is 0 Å². The second-order valence-electron chi connectivity index (χ2n) is 17.9. The first kappa shape index (κ1) is 38.1. The molecule has 0 radical (unpaired) electrons. The van der Waals surface area contributed by atoms with Crippen LogP contribution in [0.5, 0.6) is 0 Å². The zero-order chi connectivity index (χ0) is 37.0. The van der Waals surface area contributed by atoms with Crippen LogP contribution in [-0.4, -0.2) is 112 Å². The first-order chi connectivity index (χ1) is 23.2. The van der Waals surface area contributed by atoms with E-state index in [1.807, 2.05) is 13.8 Å². The molecule has 50 heavy (non-hydrogen) atoms. The predicted octanol–water partition coefficient (Wildman–Crippen LogP) is 2.24. The number of aliphatic hydroxyl groups excluding tert-OH is 5. The van der Waals surface area contributed by atoms with E-state index in [1.54, 1.807) is 6.92 Å². The third-order valence-electron chi connectivity index (χ3n) is 15.9. The highest BCUT2D eigenvalue weighted by Gasteiger charge is 2.73. The van der Waals surface area contributed by atoms with Crippen molar-refractivity contribution in [1.29, 1.82) is 0 Å². The summed E-state index contributed by atoms with van der Waals surface area (Å²) in [5.74, 6) is -2.08. The van der Waals surface area contributed by atoms with Crippen molar-refractivity contribution in [3.05, 3.63) is 11.6 Å². The molecule has 0 aromatic heterocycles. The smallest absolute Gasteiger partial charge is 0.315 e. The third kappa shape index (κ3) is 4.91. The second kappa shape index (κ2) is 12.5. The summed E-state index contributed by atoms with van der Waals surface area (Å²) in [6, 6.07) is 0. The van der Waals surface area contributed by atoms with E-state index in [-0.39, 0.29) is 29.8 Å². The molecule has 6 rings (SSSR count). The van der Waals surface area contributed by atoms with Crippen LogP contribution in [0.2, 0.25) is 0 Å². The predicted molar refractivity (Wildman–Crippen MR) is 179 cm³/mol. The molecule has 0 bridgehead atoms. The number of allylic oxidation sites excluding steroid dienone is 1. The number of carbonyl (C=O) groups is 2. The maximum absolute atomic E-state index is 14.6. The molecule has 6 aliphatic rings. The van der Waals surface area contributed by atoms with Crippen molar-refractivity contribution in [1.82, 2.24) is 0 Å². The number of hydrogen-bond acceptors (Lipinski definition) is 12. The Labute approximate surface area is 295 Å². The van der Waals surface area contributed by atoms with Crippen molar-refractivity contribution >= 4 is 11.9 Å². The van der Waals surface area contributed by atoms with Crippen molar-refractivity contribution < 1.29 is 59.2 Å². The molecule has 12 heteroatoms. The second-order valence-corrected chi connectivity index (χ2v) is 17.9. The minimum Gasteiger partial charge on any atom is -0.469 e. The molecule has 17 atom stereocenters. The van der Waals surface area contributed by atoms with E-state index in [0.717, 1.165) is 12.0 Å². The molecule has 5 aliphatic carbocycles. The Morgan fingerprint density at radius 3 is 2.20 bits per heavy atom. The molecular formula is C38H60O12. The van der Waals surface area contributed by atoms with Gasteiger partial charge in [-0.3, -0.25) is 9.59 Å². The molecule has 12 nitrogen and oxygen atoms in total. The van der Waals surface area contributed by atoms with Gasteiger partial charge in [0.05, 0.1) is 42.4 Å². The highest BCUT2D eigenvalue weighted by atomic mass is 16.7. The van der Waals surface area contributed by atoms with Gasteiger partial charge in [-0.15, -0.1) is 0 Å². The molecule has 17 unspecified atom stereocenters. The van der Waals surface area contributed by atoms with Gasteiger partial charge in [0.25, 0.3) is 0 Å². The van der Waals surface area contributed by atoms with Crippen LogP contribution >= 0.6 is 0 Å². The lowest BCUT2D eigenvalue weighted by molar-refractivity contribution is -0.300. The molecule has 5 fully saturated rings. The van der Waals surface area contributed by atoms with E-state index in [9.17, 15) is 40.2 Å². The summed E-state index contributed by atoms with van der Waals surface area (Å²) in [5, 5.41) is 66.9. The van der Waals surface area contributed by atoms with Crippen LogP contribution in [0.4, 0.5) is 0 Å². The van der Waals surface area contributed by atoms with Gasteiger partial charge in [-0.1, -0.05) is 39.3 Å². The van der Waals surface area contributed by atoms with Crippen LogP contribution in [0, 0.1) is 50.7 Å². The van der Waals surface area contributed by atoms with Crippen LogP contribution < -0.4 is 0 Å². The summed E-state index contributed by atoms with van der Waals surface area (Å²) in [4.78, 5) is 27.9. The minimum atomic E-state index is -1.68. The van der Waals surface area contributed by atoms with Crippen LogP contribution in [0.15, 0.2) is 11.6 Å². The van der Waals surface area contributed by atoms with Gasteiger partial charge >= 0.3 is 11.9 Å². The summed E-state index contributed by atoms with van der Waals surface area (Å²) < 4.78 is 22.1. The maximum Gasteiger partial charge on any atom is 0.315 e. The zero-order valence-electron chi connectivity index (χ0n) is 30.9. The minimum absolute atomic E-state index is 0.0236. The van der Waals surface area contributed by atoms with Crippen LogP contribution in [0.1, 0.15) is 92.9 Å². The van der Waals surface area contributed by atoms with Gasteiger partial charge < -0.3 is 49.6 Å². The number of fused-ring (bicyclic) bond motifs is 7. The van der Waals surface area contributed by atoms with E-state index in [2.05, 4.69) is 26.8 Å². The Morgan fingerprint density at radius 2 is 1.56 bits per heavy atom. The number of aliphatic hydroxyl groups is 6. The fourth-order valence-corrected chi connectivity index (χ4v) is 12.7. The molecule has 0 amide bonds. The zero-order valence-corrected chi connectivity index (χ0v) is 30.9. The van der Waals surface area contributed by atoms with E-state index in [1.165, 1.54) is 14.2 Å². The van der Waals surface area contributed by atoms with Crippen molar-refractivity contribution in [3.8, 4) is 0 Å². The summed E-state index contributed by atoms with van der Waals surface area (Å²) in [7, 11) is 2.73. The van der Waals surface area contributed by atoms with E-state index < -0.39 is 88.0 Å². The van der Waals surface area contributed by atoms with Crippen molar-refractivity contribution in [2.24, 2.45) is 50.7 Å². The molecule has 6 N–H and O–H groups in total. The molecule has 0 aromatic rings. The van der Waals surface area contributed by atoms with Gasteiger partial charge in [0.1, 0.15) is 24.4 Å². The fraction of sp³-hybridized carbons (Fsp3) is 0.895. The highest BCUT2D eigenvalue weighted by molar-refractivity contribution is 5.80. The summed E-state index contributed by atoms with van der Waals surface area (Å²) in [5.41, 5.74) is -4.02. The Morgan fingerprint density at radius 1 is 0.880 bits per heavy atom. The maximum atomic E-state index is 14.6. The van der Waals surface area contributed by atoms with Crippen molar-refractivity contribution in [2.75, 3.05) is 20.8 Å². The first-order valence-electron chi connectivity index (χ1n) is 18.5. The topological polar surface area (TPSA) is 192 Å². The summed E-state index contributed by atoms with van der Waals surface area (Å²) in [6.45, 7) is 12.1. The average Bonchev–Trinajstić information content (AvgIpc) is 3.06. The van der Waals surface area contributed by atoms with Crippen LogP contribution in [-0.2, 0) is 28.5 Å². The average molecular weight is 709 g/mol. The van der Waals surface area contributed by atoms with Gasteiger partial charge in [0.2, 0.25) is 6.29 Å². The lowest BCUT2D eigenvalue weighted by Crippen LogP contribution is -2.70. The Balaban J connectivity index is 1.40. The fourth-order valence-electron chi connectivity index (χ4n) is 12.7. The van der Waals surface area contributed by atoms with E-state index in [0.29, 0.717) is 44.9 Å². The summed E-state index contributed by atoms with van der Waals surface area (Å²) in [6.07, 6.45) is -3.06. The van der Waals surface area contributed by atoms with Crippen LogP contribution in [0.3, 0.4) is 0 Å². The van der Waals surface area contributed by atoms with Gasteiger partial charge in [-0.2, -0.15) is 0 Å². The van der Waals surface area contributed by atoms with Gasteiger partial charge in [-0.05, 0) is 99.2 Å². The number of hydrogen-bond donors (Lipinski definition) is 6. The molecule has 1 heterocycles.